The van der Waals surface area contributed by atoms with Crippen LogP contribution in [0.25, 0.3) is 11.3 Å². The van der Waals surface area contributed by atoms with Crippen molar-refractivity contribution in [2.45, 2.75) is 4.34 Å². The summed E-state index contributed by atoms with van der Waals surface area (Å²) in [6.07, 6.45) is 0. The molecule has 9 heteroatoms. The number of nitrogens with two attached hydrogens (primary N) is 1. The molecule has 0 saturated carbocycles. The molecule has 5 nitrogen and oxygen atoms in total. The van der Waals surface area contributed by atoms with Crippen LogP contribution in [0.1, 0.15) is 10.4 Å². The number of carbonyl (C=O) groups excluding carboxylic acids is 2. The molecule has 0 spiro atoms. The van der Waals surface area contributed by atoms with Crippen molar-refractivity contribution in [2.75, 3.05) is 11.1 Å². The number of thioether (sulfide) groups is 1. The lowest BCUT2D eigenvalue weighted by Gasteiger charge is -2.07. The molecule has 0 bridgehead atoms. The normalized spacial score (nSPS) is 10.6. The summed E-state index contributed by atoms with van der Waals surface area (Å²) < 4.78 is 0.630. The summed E-state index contributed by atoms with van der Waals surface area (Å²) in [5, 5.41) is 4.12. The van der Waals surface area contributed by atoms with E-state index < -0.39 is 5.91 Å². The molecule has 0 aliphatic heterocycles. The summed E-state index contributed by atoms with van der Waals surface area (Å²) in [5.74, 6) is -0.697. The van der Waals surface area contributed by atoms with E-state index in [-0.39, 0.29) is 16.7 Å². The average Bonchev–Trinajstić information content (AvgIpc) is 3.03. The number of primary amides is 1. The number of carbonyl (C=O) groups is 2. The number of hydrogen-bond acceptors (Lipinski definition) is 5. The van der Waals surface area contributed by atoms with Gasteiger partial charge in [-0.1, -0.05) is 76.6 Å². The Morgan fingerprint density at radius 1 is 1.15 bits per heavy atom. The van der Waals surface area contributed by atoms with Crippen LogP contribution in [-0.4, -0.2) is 22.6 Å². The molecule has 2 amide bonds. The Balaban J connectivity index is 1.92. The molecule has 0 aliphatic carbocycles. The molecule has 0 atom stereocenters. The number of hydrogen-bond donors (Lipinski definition) is 2. The minimum absolute atomic E-state index is 0.109. The molecule has 1 heterocycles. The van der Waals surface area contributed by atoms with Crippen molar-refractivity contribution in [1.82, 2.24) is 4.98 Å². The zero-order chi connectivity index (χ0) is 19.4. The second-order valence-corrected chi connectivity index (χ2v) is 8.42. The van der Waals surface area contributed by atoms with Crippen LogP contribution >= 0.6 is 46.3 Å². The Kier molecular flexibility index (Phi) is 6.38. The molecule has 3 N–H and O–H groups in total. The quantitative estimate of drug-likeness (QED) is 0.534. The summed E-state index contributed by atoms with van der Waals surface area (Å²) in [6, 6.07) is 14.1. The van der Waals surface area contributed by atoms with Crippen molar-refractivity contribution in [3.63, 3.8) is 0 Å². The number of anilines is 1. The lowest BCUT2D eigenvalue weighted by atomic mass is 10.1. The van der Waals surface area contributed by atoms with Gasteiger partial charge in [-0.15, -0.1) is 0 Å². The molecule has 0 fully saturated rings. The van der Waals surface area contributed by atoms with Crippen molar-refractivity contribution < 1.29 is 9.59 Å². The second-order valence-electron chi connectivity index (χ2n) is 5.36. The minimum atomic E-state index is -0.435. The summed E-state index contributed by atoms with van der Waals surface area (Å²) in [4.78, 5) is 28.3. The molecule has 0 aliphatic rings. The number of nitrogens with zero attached hydrogens (tertiary/aromatic N) is 1. The van der Waals surface area contributed by atoms with Crippen molar-refractivity contribution in [3.8, 4) is 11.3 Å². The van der Waals surface area contributed by atoms with Crippen LogP contribution in [0.3, 0.4) is 0 Å². The number of thiazole rings is 1. The summed E-state index contributed by atoms with van der Waals surface area (Å²) in [7, 11) is 0. The van der Waals surface area contributed by atoms with Gasteiger partial charge in [0.1, 0.15) is 10.7 Å². The van der Waals surface area contributed by atoms with Gasteiger partial charge in [-0.3, -0.25) is 9.59 Å². The Bertz CT molecular complexity index is 994. The van der Waals surface area contributed by atoms with E-state index in [0.29, 0.717) is 25.6 Å². The monoisotopic (exact) mass is 437 g/mol. The number of amides is 2. The van der Waals surface area contributed by atoms with Crippen molar-refractivity contribution in [1.29, 1.82) is 0 Å². The molecule has 27 heavy (non-hydrogen) atoms. The Morgan fingerprint density at radius 2 is 1.89 bits per heavy atom. The minimum Gasteiger partial charge on any atom is -0.369 e. The van der Waals surface area contributed by atoms with E-state index in [2.05, 4.69) is 10.3 Å². The summed E-state index contributed by atoms with van der Waals surface area (Å²) in [5.41, 5.74) is 6.97. The van der Waals surface area contributed by atoms with Gasteiger partial charge in [0.2, 0.25) is 5.91 Å². The van der Waals surface area contributed by atoms with Gasteiger partial charge in [0.25, 0.3) is 5.91 Å². The van der Waals surface area contributed by atoms with Crippen molar-refractivity contribution in [2.24, 2.45) is 5.73 Å². The topological polar surface area (TPSA) is 85.1 Å². The third-order valence-electron chi connectivity index (χ3n) is 3.40. The van der Waals surface area contributed by atoms with Crippen LogP contribution in [0.5, 0.6) is 0 Å². The molecule has 0 radical (unpaired) electrons. The van der Waals surface area contributed by atoms with E-state index in [1.165, 1.54) is 29.2 Å². The molecular weight excluding hydrogens is 425 g/mol. The van der Waals surface area contributed by atoms with Crippen LogP contribution in [-0.2, 0) is 4.79 Å². The molecule has 3 rings (SSSR count). The molecule has 2 aromatic carbocycles. The van der Waals surface area contributed by atoms with Crippen LogP contribution in [0.2, 0.25) is 10.0 Å². The van der Waals surface area contributed by atoms with Gasteiger partial charge in [-0.25, -0.2) is 4.98 Å². The Hall–Kier alpha value is -2.06. The predicted octanol–water partition coefficient (Wildman–Crippen LogP) is 4.95. The Morgan fingerprint density at radius 3 is 2.56 bits per heavy atom. The number of halogens is 2. The maximum Gasteiger partial charge on any atom is 0.257 e. The van der Waals surface area contributed by atoms with Crippen LogP contribution in [0, 0.1) is 0 Å². The maximum absolute atomic E-state index is 12.7. The predicted molar refractivity (Wildman–Crippen MR) is 112 cm³/mol. The molecule has 1 aromatic heterocycles. The summed E-state index contributed by atoms with van der Waals surface area (Å²) >= 11 is 14.5. The van der Waals surface area contributed by atoms with E-state index in [4.69, 9.17) is 28.9 Å². The van der Waals surface area contributed by atoms with Crippen LogP contribution in [0.15, 0.2) is 52.9 Å². The molecular formula is C18H13Cl2N3O2S2. The second kappa shape index (κ2) is 8.75. The zero-order valence-electron chi connectivity index (χ0n) is 13.7. The van der Waals surface area contributed by atoms with E-state index in [9.17, 15) is 9.59 Å². The van der Waals surface area contributed by atoms with E-state index in [1.807, 2.05) is 30.3 Å². The van der Waals surface area contributed by atoms with Crippen molar-refractivity contribution in [3.05, 3.63) is 64.1 Å². The fraction of sp³-hybridized carbons (Fsp3) is 0.0556. The van der Waals surface area contributed by atoms with Gasteiger partial charge in [0.15, 0.2) is 4.34 Å². The first-order valence-electron chi connectivity index (χ1n) is 7.68. The fourth-order valence-corrected chi connectivity index (χ4v) is 4.51. The standard InChI is InChI=1S/C18H13Cl2N3O2S2/c19-11-6-7-12(13(20)8-11)16(25)23-17-15(10-4-2-1-3-5-10)22-18(27-17)26-9-14(21)24/h1-8H,9H2,(H2,21,24)(H,23,25). The van der Waals surface area contributed by atoms with E-state index in [1.54, 1.807) is 12.1 Å². The highest BCUT2D eigenvalue weighted by Crippen LogP contribution is 2.38. The first kappa shape index (κ1) is 19.7. The lowest BCUT2D eigenvalue weighted by molar-refractivity contribution is -0.115. The molecule has 138 valence electrons. The van der Waals surface area contributed by atoms with Gasteiger partial charge >= 0.3 is 0 Å². The lowest BCUT2D eigenvalue weighted by Crippen LogP contribution is -2.12. The first-order valence-corrected chi connectivity index (χ1v) is 10.2. The number of nitrogens with one attached hydrogen (secondary N) is 1. The number of aromatic nitrogens is 1. The number of benzene rings is 2. The third kappa shape index (κ3) is 5.01. The molecule has 3 aromatic rings. The van der Waals surface area contributed by atoms with Crippen LogP contribution in [0.4, 0.5) is 5.00 Å². The van der Waals surface area contributed by atoms with Gasteiger partial charge in [-0.2, -0.15) is 0 Å². The third-order valence-corrected chi connectivity index (χ3v) is 6.08. The number of rotatable bonds is 6. The van der Waals surface area contributed by atoms with Crippen molar-refractivity contribution >= 4 is 63.1 Å². The zero-order valence-corrected chi connectivity index (χ0v) is 16.9. The van der Waals surface area contributed by atoms with Gasteiger partial charge in [0, 0.05) is 10.6 Å². The smallest absolute Gasteiger partial charge is 0.257 e. The SMILES string of the molecule is NC(=O)CSc1nc(-c2ccccc2)c(NC(=O)c2ccc(Cl)cc2Cl)s1. The van der Waals surface area contributed by atoms with E-state index >= 15 is 0 Å². The van der Waals surface area contributed by atoms with Gasteiger partial charge in [-0.05, 0) is 18.2 Å². The summed E-state index contributed by atoms with van der Waals surface area (Å²) in [6.45, 7) is 0. The van der Waals surface area contributed by atoms with Crippen LogP contribution < -0.4 is 11.1 Å². The fourth-order valence-electron chi connectivity index (χ4n) is 2.22. The van der Waals surface area contributed by atoms with Gasteiger partial charge in [0.05, 0.1) is 16.3 Å². The largest absolute Gasteiger partial charge is 0.369 e. The first-order chi connectivity index (χ1) is 12.9. The maximum atomic E-state index is 12.7. The van der Waals surface area contributed by atoms with E-state index in [0.717, 1.165) is 5.56 Å². The highest BCUT2D eigenvalue weighted by molar-refractivity contribution is 8.01. The molecule has 0 saturated heterocycles. The van der Waals surface area contributed by atoms with Gasteiger partial charge < -0.3 is 11.1 Å². The highest BCUT2D eigenvalue weighted by Gasteiger charge is 2.18. The molecule has 0 unspecified atom stereocenters. The highest BCUT2D eigenvalue weighted by atomic mass is 35.5. The average molecular weight is 438 g/mol. The Labute approximate surface area is 173 Å².